The van der Waals surface area contributed by atoms with Crippen molar-refractivity contribution in [3.63, 3.8) is 0 Å². The standard InChI is InChI=1S/C24H19N3O11S3.Na/c25-15-5-3-13(20(11-15)40(33,34)35)1-2-14-4-6-16(12-21(14)41(36,37)38)27-39(31,32)19-9-10-26-22-17(19)7-8-18(23(22)28)24(29)30;/h1-12,27-28H,25H2,(H,29,30)(H,33,34,35)(H,36,37,38);/q;+1/b2-1+;. The Kier molecular flexibility index (Phi) is 9.40. The quantitative estimate of drug-likeness (QED) is 0.0624. The molecule has 0 fully saturated rings. The number of sulfonamides is 1. The van der Waals surface area contributed by atoms with Gasteiger partial charge in [-0.3, -0.25) is 18.8 Å². The summed E-state index contributed by atoms with van der Waals surface area (Å²) in [5.74, 6) is -2.22. The molecule has 1 heterocycles. The van der Waals surface area contributed by atoms with Crippen LogP contribution in [0.4, 0.5) is 11.4 Å². The summed E-state index contributed by atoms with van der Waals surface area (Å²) in [6, 6.07) is 9.86. The number of nitrogens with two attached hydrogens (primary N) is 1. The molecule has 1 aromatic heterocycles. The second kappa shape index (κ2) is 12.0. The minimum absolute atomic E-state index is 0. The summed E-state index contributed by atoms with van der Waals surface area (Å²) in [6.45, 7) is 0. The number of pyridine rings is 1. The maximum Gasteiger partial charge on any atom is 1.00 e. The molecular weight excluding hydrogens is 625 g/mol. The van der Waals surface area contributed by atoms with Gasteiger partial charge in [0, 0.05) is 17.3 Å². The van der Waals surface area contributed by atoms with E-state index in [1.165, 1.54) is 12.1 Å². The van der Waals surface area contributed by atoms with Crippen LogP contribution in [0.1, 0.15) is 21.5 Å². The van der Waals surface area contributed by atoms with Gasteiger partial charge in [0.15, 0.2) is 5.75 Å². The summed E-state index contributed by atoms with van der Waals surface area (Å²) in [5, 5.41) is 19.3. The average Bonchev–Trinajstić information content (AvgIpc) is 2.87. The smallest absolute Gasteiger partial charge is 0.505 e. The van der Waals surface area contributed by atoms with Gasteiger partial charge in [-0.1, -0.05) is 30.4 Å². The molecule has 0 aliphatic rings. The molecule has 214 valence electrons. The normalized spacial score (nSPS) is 12.2. The number of carbonyl (C=O) groups is 1. The van der Waals surface area contributed by atoms with E-state index in [-0.39, 0.29) is 63.0 Å². The van der Waals surface area contributed by atoms with Crippen LogP contribution in [0.3, 0.4) is 0 Å². The van der Waals surface area contributed by atoms with Crippen LogP contribution in [0.2, 0.25) is 0 Å². The summed E-state index contributed by atoms with van der Waals surface area (Å²) in [7, 11) is -14.1. The van der Waals surface area contributed by atoms with Gasteiger partial charge in [0.1, 0.15) is 20.9 Å². The predicted molar refractivity (Wildman–Crippen MR) is 147 cm³/mol. The number of nitrogen functional groups attached to an aromatic ring is 1. The number of fused-ring (bicyclic) bond motifs is 1. The molecule has 14 nitrogen and oxygen atoms in total. The van der Waals surface area contributed by atoms with Gasteiger partial charge in [-0.15, -0.1) is 0 Å². The average molecular weight is 645 g/mol. The zero-order valence-electron chi connectivity index (χ0n) is 21.3. The van der Waals surface area contributed by atoms with Crippen molar-refractivity contribution in [2.24, 2.45) is 0 Å². The molecule has 0 amide bonds. The first kappa shape index (κ1) is 33.0. The van der Waals surface area contributed by atoms with E-state index in [4.69, 9.17) is 5.73 Å². The number of nitrogens with zero attached hydrogens (tertiary/aromatic N) is 1. The molecule has 0 spiro atoms. The number of hydrogen-bond donors (Lipinski definition) is 6. The van der Waals surface area contributed by atoms with Crippen LogP contribution in [0.15, 0.2) is 75.5 Å². The van der Waals surface area contributed by atoms with Gasteiger partial charge in [-0.05, 0) is 47.5 Å². The van der Waals surface area contributed by atoms with Crippen LogP contribution in [0, 0.1) is 0 Å². The van der Waals surface area contributed by atoms with Crippen molar-refractivity contribution in [2.45, 2.75) is 14.7 Å². The van der Waals surface area contributed by atoms with Gasteiger partial charge in [0.05, 0.1) is 10.6 Å². The minimum Gasteiger partial charge on any atom is -0.505 e. The van der Waals surface area contributed by atoms with E-state index in [1.807, 2.05) is 0 Å². The molecular formula is C24H19N3NaO11S3+. The molecule has 7 N–H and O–H groups in total. The number of aromatic carboxylic acids is 1. The number of aromatic hydroxyl groups is 1. The Bertz CT molecular complexity index is 2100. The van der Waals surface area contributed by atoms with E-state index < -0.39 is 62.2 Å². The Morgan fingerprint density at radius 3 is 1.95 bits per heavy atom. The van der Waals surface area contributed by atoms with E-state index in [0.717, 1.165) is 60.8 Å². The van der Waals surface area contributed by atoms with Crippen LogP contribution in [-0.2, 0) is 30.3 Å². The fourth-order valence-corrected chi connectivity index (χ4v) is 6.52. The van der Waals surface area contributed by atoms with Crippen LogP contribution in [-0.4, -0.2) is 55.5 Å². The molecule has 42 heavy (non-hydrogen) atoms. The Morgan fingerprint density at radius 2 is 1.38 bits per heavy atom. The van der Waals surface area contributed by atoms with Crippen LogP contribution >= 0.6 is 0 Å². The number of rotatable bonds is 8. The molecule has 4 aromatic rings. The van der Waals surface area contributed by atoms with Gasteiger partial charge in [-0.2, -0.15) is 16.8 Å². The van der Waals surface area contributed by atoms with Crippen LogP contribution < -0.4 is 40.0 Å². The monoisotopic (exact) mass is 644 g/mol. The van der Waals surface area contributed by atoms with Gasteiger partial charge >= 0.3 is 35.5 Å². The molecule has 0 unspecified atom stereocenters. The molecule has 3 aromatic carbocycles. The third kappa shape index (κ3) is 6.90. The molecule has 0 atom stereocenters. The summed E-state index contributed by atoms with van der Waals surface area (Å²) in [5.41, 5.74) is 4.25. The number of hydrogen-bond acceptors (Lipinski definition) is 10. The topological polar surface area (TPSA) is 251 Å². The summed E-state index contributed by atoms with van der Waals surface area (Å²) in [6.07, 6.45) is 3.27. The summed E-state index contributed by atoms with van der Waals surface area (Å²) in [4.78, 5) is 13.4. The largest absolute Gasteiger partial charge is 1.00 e. The first-order chi connectivity index (χ1) is 19.0. The van der Waals surface area contributed by atoms with Crippen molar-refractivity contribution < 1.29 is 78.9 Å². The molecule has 0 bridgehead atoms. The Balaban J connectivity index is 0.00000484. The van der Waals surface area contributed by atoms with Crippen molar-refractivity contribution in [1.82, 2.24) is 4.98 Å². The van der Waals surface area contributed by atoms with Crippen molar-refractivity contribution in [1.29, 1.82) is 0 Å². The summed E-state index contributed by atoms with van der Waals surface area (Å²) < 4.78 is 95.5. The third-order valence-electron chi connectivity index (χ3n) is 5.67. The Labute approximate surface area is 261 Å². The van der Waals surface area contributed by atoms with Crippen molar-refractivity contribution in [3.8, 4) is 5.75 Å². The Morgan fingerprint density at radius 1 is 0.810 bits per heavy atom. The van der Waals surface area contributed by atoms with Crippen LogP contribution in [0.5, 0.6) is 5.75 Å². The van der Waals surface area contributed by atoms with Gasteiger partial charge in [0.2, 0.25) is 0 Å². The number of benzene rings is 3. The number of anilines is 2. The number of carboxylic acid groups (broad SMARTS) is 1. The first-order valence-corrected chi connectivity index (χ1v) is 15.4. The SMILES string of the molecule is Nc1ccc(/C=C/c2ccc(NS(=O)(=O)c3ccnc4c(O)c(C(=O)O)ccc34)cc2S(=O)(=O)O)c(S(=O)(=O)O)c1.[Na+]. The van der Waals surface area contributed by atoms with Crippen LogP contribution in [0.25, 0.3) is 23.1 Å². The van der Waals surface area contributed by atoms with E-state index >= 15 is 0 Å². The number of carboxylic acids is 1. The molecule has 0 saturated heterocycles. The zero-order valence-corrected chi connectivity index (χ0v) is 25.8. The van der Waals surface area contributed by atoms with Gasteiger partial charge in [0.25, 0.3) is 30.3 Å². The predicted octanol–water partition coefficient (Wildman–Crippen LogP) is -0.311. The molecule has 4 rings (SSSR count). The van der Waals surface area contributed by atoms with E-state index in [0.29, 0.717) is 0 Å². The van der Waals surface area contributed by atoms with E-state index in [1.54, 1.807) is 0 Å². The number of aromatic nitrogens is 1. The van der Waals surface area contributed by atoms with Gasteiger partial charge in [-0.25, -0.2) is 13.2 Å². The summed E-state index contributed by atoms with van der Waals surface area (Å²) >= 11 is 0. The van der Waals surface area contributed by atoms with Crippen molar-refractivity contribution in [3.05, 3.63) is 77.5 Å². The Hall–Kier alpha value is -3.55. The maximum atomic E-state index is 13.2. The molecule has 18 heteroatoms. The number of nitrogens with one attached hydrogen (secondary N) is 1. The first-order valence-electron chi connectivity index (χ1n) is 11.0. The molecule has 0 radical (unpaired) electrons. The van der Waals surface area contributed by atoms with Gasteiger partial charge < -0.3 is 15.9 Å². The molecule has 0 saturated carbocycles. The zero-order chi connectivity index (χ0) is 30.3. The molecule has 0 aliphatic heterocycles. The number of phenols is 1. The third-order valence-corrected chi connectivity index (χ3v) is 8.93. The second-order valence-corrected chi connectivity index (χ2v) is 12.8. The van der Waals surface area contributed by atoms with Crippen molar-refractivity contribution >= 4 is 70.7 Å². The maximum absolute atomic E-state index is 13.2. The fraction of sp³-hybridized carbons (Fsp3) is 0. The minimum atomic E-state index is -4.95. The van der Waals surface area contributed by atoms with Crippen molar-refractivity contribution in [2.75, 3.05) is 10.5 Å². The van der Waals surface area contributed by atoms with E-state index in [9.17, 15) is 49.4 Å². The fourth-order valence-electron chi connectivity index (χ4n) is 3.85. The van der Waals surface area contributed by atoms with E-state index in [2.05, 4.69) is 9.71 Å². The second-order valence-electron chi connectivity index (χ2n) is 8.41. The molecule has 0 aliphatic carbocycles.